The zero-order chi connectivity index (χ0) is 20.0. The van der Waals surface area contributed by atoms with Crippen molar-refractivity contribution in [3.8, 4) is 0 Å². The zero-order valence-electron chi connectivity index (χ0n) is 16.8. The van der Waals surface area contributed by atoms with E-state index in [2.05, 4.69) is 5.32 Å². The predicted octanol–water partition coefficient (Wildman–Crippen LogP) is 0.948. The lowest BCUT2D eigenvalue weighted by molar-refractivity contribution is -0.127. The highest BCUT2D eigenvalue weighted by Crippen LogP contribution is 2.23. The van der Waals surface area contributed by atoms with Crippen molar-refractivity contribution < 1.29 is 18.0 Å². The number of piperidine rings is 1. The van der Waals surface area contributed by atoms with Crippen LogP contribution in [0.15, 0.2) is 0 Å². The molecular formula is C19H34N4O4S. The summed E-state index contributed by atoms with van der Waals surface area (Å²) in [5.74, 6) is -0.152. The highest BCUT2D eigenvalue weighted by molar-refractivity contribution is 7.86. The van der Waals surface area contributed by atoms with Crippen LogP contribution in [0.3, 0.4) is 0 Å². The third-order valence-corrected chi connectivity index (χ3v) is 8.05. The van der Waals surface area contributed by atoms with E-state index in [9.17, 15) is 18.0 Å². The fourth-order valence-corrected chi connectivity index (χ4v) is 6.14. The van der Waals surface area contributed by atoms with Crippen molar-refractivity contribution in [3.63, 3.8) is 0 Å². The molecule has 0 saturated carbocycles. The third-order valence-electron chi connectivity index (χ3n) is 6.05. The van der Waals surface area contributed by atoms with Crippen molar-refractivity contribution in [1.29, 1.82) is 0 Å². The Morgan fingerprint density at radius 2 is 1.68 bits per heavy atom. The molecule has 1 N–H and O–H groups in total. The topological polar surface area (TPSA) is 90.0 Å². The first-order valence-electron chi connectivity index (χ1n) is 10.8. The van der Waals surface area contributed by atoms with Gasteiger partial charge >= 0.3 is 0 Å². The number of carbonyl (C=O) groups excluding carboxylic acids is 2. The van der Waals surface area contributed by atoms with Crippen molar-refractivity contribution in [2.24, 2.45) is 5.92 Å². The van der Waals surface area contributed by atoms with Gasteiger partial charge in [-0.2, -0.15) is 17.0 Å². The first kappa shape index (κ1) is 21.5. The fraction of sp³-hybridized carbons (Fsp3) is 0.895. The SMILES string of the molecule is O=C(NCCCN1CCCC1=O)[C@@H]1CCCN(S(=O)(=O)N2CCCCCC2)C1. The zero-order valence-corrected chi connectivity index (χ0v) is 17.6. The summed E-state index contributed by atoms with van der Waals surface area (Å²) in [7, 11) is -3.47. The Balaban J connectivity index is 1.45. The van der Waals surface area contributed by atoms with Gasteiger partial charge in [0.15, 0.2) is 0 Å². The Morgan fingerprint density at radius 1 is 0.964 bits per heavy atom. The molecule has 3 saturated heterocycles. The summed E-state index contributed by atoms with van der Waals surface area (Å²) in [4.78, 5) is 26.0. The van der Waals surface area contributed by atoms with Crippen LogP contribution in [-0.4, -0.2) is 79.6 Å². The minimum atomic E-state index is -3.47. The Bertz CT molecular complexity index is 646. The Kier molecular flexibility index (Phi) is 7.70. The van der Waals surface area contributed by atoms with E-state index in [1.807, 2.05) is 4.90 Å². The number of rotatable bonds is 7. The minimum Gasteiger partial charge on any atom is -0.356 e. The van der Waals surface area contributed by atoms with Crippen molar-refractivity contribution in [3.05, 3.63) is 0 Å². The molecule has 3 heterocycles. The minimum absolute atomic E-state index is 0.0662. The van der Waals surface area contributed by atoms with E-state index in [0.717, 1.165) is 51.5 Å². The molecule has 1 atom stereocenters. The molecule has 0 aromatic carbocycles. The first-order chi connectivity index (χ1) is 13.5. The Morgan fingerprint density at radius 3 is 2.36 bits per heavy atom. The van der Waals surface area contributed by atoms with E-state index >= 15 is 0 Å². The summed E-state index contributed by atoms with van der Waals surface area (Å²) in [5.41, 5.74) is 0. The van der Waals surface area contributed by atoms with E-state index in [-0.39, 0.29) is 24.3 Å². The molecule has 28 heavy (non-hydrogen) atoms. The van der Waals surface area contributed by atoms with Gasteiger partial charge in [0.25, 0.3) is 10.2 Å². The van der Waals surface area contributed by atoms with Gasteiger partial charge < -0.3 is 10.2 Å². The summed E-state index contributed by atoms with van der Waals surface area (Å²) in [6.45, 7) is 3.97. The van der Waals surface area contributed by atoms with E-state index in [1.165, 1.54) is 4.31 Å². The van der Waals surface area contributed by atoms with Crippen LogP contribution in [0.4, 0.5) is 0 Å². The molecule has 160 valence electrons. The highest BCUT2D eigenvalue weighted by atomic mass is 32.2. The van der Waals surface area contributed by atoms with E-state index in [4.69, 9.17) is 0 Å². The quantitative estimate of drug-likeness (QED) is 0.628. The number of hydrogen-bond donors (Lipinski definition) is 1. The Labute approximate surface area is 168 Å². The van der Waals surface area contributed by atoms with Gasteiger partial charge in [-0.05, 0) is 38.5 Å². The lowest BCUT2D eigenvalue weighted by Gasteiger charge is -2.34. The number of amides is 2. The van der Waals surface area contributed by atoms with Crippen LogP contribution >= 0.6 is 0 Å². The molecule has 0 unspecified atom stereocenters. The van der Waals surface area contributed by atoms with Crippen molar-refractivity contribution >= 4 is 22.0 Å². The molecule has 3 aliphatic rings. The highest BCUT2D eigenvalue weighted by Gasteiger charge is 2.35. The predicted molar refractivity (Wildman–Crippen MR) is 107 cm³/mol. The molecule has 8 nitrogen and oxygen atoms in total. The summed E-state index contributed by atoms with van der Waals surface area (Å²) >= 11 is 0. The van der Waals surface area contributed by atoms with Crippen molar-refractivity contribution in [2.45, 2.75) is 57.8 Å². The largest absolute Gasteiger partial charge is 0.356 e. The molecule has 3 rings (SSSR count). The second-order valence-corrected chi connectivity index (χ2v) is 10.1. The van der Waals surface area contributed by atoms with Gasteiger partial charge in [-0.1, -0.05) is 12.8 Å². The Hall–Kier alpha value is -1.19. The van der Waals surface area contributed by atoms with Gasteiger partial charge in [-0.15, -0.1) is 0 Å². The first-order valence-corrected chi connectivity index (χ1v) is 12.2. The van der Waals surface area contributed by atoms with Gasteiger partial charge in [0.05, 0.1) is 5.92 Å². The molecule has 3 aliphatic heterocycles. The molecule has 3 fully saturated rings. The molecular weight excluding hydrogens is 380 g/mol. The number of nitrogens with zero attached hydrogens (tertiary/aromatic N) is 3. The number of likely N-dealkylation sites (tertiary alicyclic amines) is 1. The summed E-state index contributed by atoms with van der Waals surface area (Å²) in [5, 5.41) is 2.94. The van der Waals surface area contributed by atoms with Crippen molar-refractivity contribution in [1.82, 2.24) is 18.8 Å². The third kappa shape index (κ3) is 5.45. The molecule has 0 aromatic rings. The smallest absolute Gasteiger partial charge is 0.281 e. The van der Waals surface area contributed by atoms with Crippen LogP contribution in [0.5, 0.6) is 0 Å². The molecule has 0 radical (unpaired) electrons. The molecule has 0 aromatic heterocycles. The van der Waals surface area contributed by atoms with Gasteiger partial charge in [0.2, 0.25) is 11.8 Å². The van der Waals surface area contributed by atoms with Crippen LogP contribution in [0.1, 0.15) is 57.8 Å². The maximum absolute atomic E-state index is 13.0. The van der Waals surface area contributed by atoms with E-state index in [1.54, 1.807) is 4.31 Å². The average Bonchev–Trinajstić information content (AvgIpc) is 2.93. The van der Waals surface area contributed by atoms with E-state index in [0.29, 0.717) is 45.6 Å². The van der Waals surface area contributed by atoms with Crippen LogP contribution in [0, 0.1) is 5.92 Å². The van der Waals surface area contributed by atoms with Gasteiger partial charge in [-0.25, -0.2) is 0 Å². The number of nitrogens with one attached hydrogen (secondary N) is 1. The molecule has 0 aliphatic carbocycles. The fourth-order valence-electron chi connectivity index (χ4n) is 4.37. The molecule has 0 spiro atoms. The molecule has 2 amide bonds. The van der Waals surface area contributed by atoms with Crippen molar-refractivity contribution in [2.75, 3.05) is 45.8 Å². The molecule has 9 heteroatoms. The standard InChI is InChI=1S/C19H34N4O4S/c24-18-9-6-11-21(18)12-7-10-20-19(25)17-8-5-15-23(16-17)28(26,27)22-13-3-1-2-4-14-22/h17H,1-16H2,(H,20,25)/t17-/m1/s1. The van der Waals surface area contributed by atoms with Crippen LogP contribution in [-0.2, 0) is 19.8 Å². The van der Waals surface area contributed by atoms with Crippen LogP contribution in [0.2, 0.25) is 0 Å². The van der Waals surface area contributed by atoms with E-state index < -0.39 is 10.2 Å². The van der Waals surface area contributed by atoms with Gasteiger partial charge in [0, 0.05) is 52.2 Å². The lowest BCUT2D eigenvalue weighted by atomic mass is 9.99. The monoisotopic (exact) mass is 414 g/mol. The second kappa shape index (κ2) is 10.0. The molecule has 0 bridgehead atoms. The van der Waals surface area contributed by atoms with Crippen LogP contribution in [0.25, 0.3) is 0 Å². The summed E-state index contributed by atoms with van der Waals surface area (Å²) < 4.78 is 29.1. The maximum atomic E-state index is 13.0. The number of carbonyl (C=O) groups is 2. The lowest BCUT2D eigenvalue weighted by Crippen LogP contribution is -2.50. The normalized spacial score (nSPS) is 25.6. The van der Waals surface area contributed by atoms with Crippen LogP contribution < -0.4 is 5.32 Å². The maximum Gasteiger partial charge on any atom is 0.281 e. The average molecular weight is 415 g/mol. The second-order valence-electron chi connectivity index (χ2n) is 8.15. The summed E-state index contributed by atoms with van der Waals surface area (Å²) in [6.07, 6.45) is 7.73. The van der Waals surface area contributed by atoms with Gasteiger partial charge in [-0.3, -0.25) is 9.59 Å². The number of hydrogen-bond acceptors (Lipinski definition) is 4. The summed E-state index contributed by atoms with van der Waals surface area (Å²) in [6, 6.07) is 0. The van der Waals surface area contributed by atoms with Gasteiger partial charge in [0.1, 0.15) is 0 Å².